The number of nitrogens with two attached hydrogens (primary N) is 1. The molecule has 0 aromatic heterocycles. The van der Waals surface area contributed by atoms with Crippen molar-refractivity contribution in [3.05, 3.63) is 28.3 Å². The first-order valence-electron chi connectivity index (χ1n) is 7.06. The van der Waals surface area contributed by atoms with Crippen molar-refractivity contribution < 1.29 is 4.74 Å². The topological polar surface area (TPSA) is 47.3 Å². The number of fused-ring (bicyclic) bond motifs is 1. The third-order valence-electron chi connectivity index (χ3n) is 3.91. The molecule has 0 amide bonds. The lowest BCUT2D eigenvalue weighted by molar-refractivity contribution is 0.336. The molecule has 2 unspecified atom stereocenters. The summed E-state index contributed by atoms with van der Waals surface area (Å²) in [6.07, 6.45) is 4.15. The Morgan fingerprint density at radius 1 is 1.47 bits per heavy atom. The fraction of sp³-hybridized carbons (Fsp3) is 0.600. The van der Waals surface area contributed by atoms with Crippen LogP contribution >= 0.6 is 11.6 Å². The first kappa shape index (κ1) is 14.6. The number of ether oxygens (including phenoxy) is 1. The van der Waals surface area contributed by atoms with Crippen LogP contribution in [-0.4, -0.2) is 12.6 Å². The average Bonchev–Trinajstić information content (AvgIpc) is 2.83. The van der Waals surface area contributed by atoms with E-state index in [1.165, 1.54) is 24.0 Å². The van der Waals surface area contributed by atoms with Crippen LogP contribution in [0.5, 0.6) is 5.75 Å². The van der Waals surface area contributed by atoms with Crippen LogP contribution in [0.3, 0.4) is 0 Å². The highest BCUT2D eigenvalue weighted by Gasteiger charge is 2.22. The van der Waals surface area contributed by atoms with E-state index in [9.17, 15) is 0 Å². The highest BCUT2D eigenvalue weighted by atomic mass is 35.5. The van der Waals surface area contributed by atoms with Crippen molar-refractivity contribution >= 4 is 11.6 Å². The van der Waals surface area contributed by atoms with Gasteiger partial charge in [-0.2, -0.15) is 0 Å². The number of hydrogen-bond donors (Lipinski definition) is 2. The minimum Gasteiger partial charge on any atom is -0.493 e. The van der Waals surface area contributed by atoms with Gasteiger partial charge in [-0.15, -0.1) is 0 Å². The summed E-state index contributed by atoms with van der Waals surface area (Å²) in [6, 6.07) is 4.27. The first-order valence-corrected chi connectivity index (χ1v) is 7.43. The summed E-state index contributed by atoms with van der Waals surface area (Å²) < 4.78 is 5.74. The smallest absolute Gasteiger partial charge is 0.125 e. The van der Waals surface area contributed by atoms with Gasteiger partial charge in [-0.05, 0) is 42.0 Å². The Kier molecular flexibility index (Phi) is 5.08. The Balaban J connectivity index is 2.18. The molecule has 0 saturated heterocycles. The molecular weight excluding hydrogens is 260 g/mol. The summed E-state index contributed by atoms with van der Waals surface area (Å²) >= 11 is 6.19. The predicted octanol–water partition coefficient (Wildman–Crippen LogP) is 3.09. The summed E-state index contributed by atoms with van der Waals surface area (Å²) in [6.45, 7) is 5.19. The molecule has 2 atom stereocenters. The van der Waals surface area contributed by atoms with Crippen molar-refractivity contribution in [1.29, 1.82) is 0 Å². The molecule has 1 aliphatic heterocycles. The van der Waals surface area contributed by atoms with Crippen molar-refractivity contribution in [2.75, 3.05) is 6.61 Å². The minimum absolute atomic E-state index is 0.256. The maximum atomic E-state index is 6.19. The Labute approximate surface area is 120 Å². The molecule has 0 saturated carbocycles. The molecule has 1 aliphatic rings. The molecule has 0 bridgehead atoms. The molecule has 3 nitrogen and oxygen atoms in total. The molecule has 106 valence electrons. The SMILES string of the molecule is CCCC(C)C(Cc1cc(Cl)cc2c1OCC2)NN. The molecule has 0 fully saturated rings. The van der Waals surface area contributed by atoms with E-state index in [4.69, 9.17) is 22.2 Å². The molecule has 1 aromatic rings. The van der Waals surface area contributed by atoms with E-state index in [0.29, 0.717) is 5.92 Å². The van der Waals surface area contributed by atoms with Gasteiger partial charge in [-0.1, -0.05) is 31.9 Å². The van der Waals surface area contributed by atoms with Crippen molar-refractivity contribution in [1.82, 2.24) is 5.43 Å². The van der Waals surface area contributed by atoms with Gasteiger partial charge in [-0.3, -0.25) is 11.3 Å². The van der Waals surface area contributed by atoms with Crippen molar-refractivity contribution in [3.63, 3.8) is 0 Å². The van der Waals surface area contributed by atoms with Crippen LogP contribution in [0.2, 0.25) is 5.02 Å². The van der Waals surface area contributed by atoms with Gasteiger partial charge in [0.1, 0.15) is 5.75 Å². The quantitative estimate of drug-likeness (QED) is 0.623. The Morgan fingerprint density at radius 3 is 2.95 bits per heavy atom. The average molecular weight is 283 g/mol. The lowest BCUT2D eigenvalue weighted by Gasteiger charge is -2.24. The van der Waals surface area contributed by atoms with Crippen LogP contribution in [0.4, 0.5) is 0 Å². The Bertz CT molecular complexity index is 436. The molecule has 0 aliphatic carbocycles. The molecule has 3 N–H and O–H groups in total. The molecule has 4 heteroatoms. The summed E-state index contributed by atoms with van der Waals surface area (Å²) in [7, 11) is 0. The largest absolute Gasteiger partial charge is 0.493 e. The molecule has 19 heavy (non-hydrogen) atoms. The highest BCUT2D eigenvalue weighted by Crippen LogP contribution is 2.34. The van der Waals surface area contributed by atoms with Crippen molar-refractivity contribution in [2.45, 2.75) is 45.6 Å². The Morgan fingerprint density at radius 2 is 2.26 bits per heavy atom. The van der Waals surface area contributed by atoms with E-state index in [2.05, 4.69) is 19.3 Å². The Hall–Kier alpha value is -0.770. The lowest BCUT2D eigenvalue weighted by atomic mass is 9.91. The summed E-state index contributed by atoms with van der Waals surface area (Å²) in [5, 5.41) is 0.790. The van der Waals surface area contributed by atoms with Gasteiger partial charge < -0.3 is 4.74 Å². The molecule has 1 heterocycles. The van der Waals surface area contributed by atoms with Crippen molar-refractivity contribution in [3.8, 4) is 5.75 Å². The van der Waals surface area contributed by atoms with Crippen LogP contribution in [0.25, 0.3) is 0 Å². The molecule has 2 rings (SSSR count). The van der Waals surface area contributed by atoms with E-state index < -0.39 is 0 Å². The monoisotopic (exact) mass is 282 g/mol. The van der Waals surface area contributed by atoms with Gasteiger partial charge in [0, 0.05) is 17.5 Å². The summed E-state index contributed by atoms with van der Waals surface area (Å²) in [5.74, 6) is 7.27. The number of rotatable bonds is 6. The fourth-order valence-electron chi connectivity index (χ4n) is 2.82. The number of hydrogen-bond acceptors (Lipinski definition) is 3. The van der Waals surface area contributed by atoms with E-state index in [0.717, 1.165) is 30.2 Å². The highest BCUT2D eigenvalue weighted by molar-refractivity contribution is 6.30. The summed E-state index contributed by atoms with van der Waals surface area (Å²) in [5.41, 5.74) is 5.34. The van der Waals surface area contributed by atoms with Gasteiger partial charge in [0.25, 0.3) is 0 Å². The standard InChI is InChI=1S/C15H23ClN2O/c1-3-4-10(2)14(18-17)9-12-8-13(16)7-11-5-6-19-15(11)12/h7-8,10,14,18H,3-6,9,17H2,1-2H3. The second-order valence-electron chi connectivity index (χ2n) is 5.39. The summed E-state index contributed by atoms with van der Waals surface area (Å²) in [4.78, 5) is 0. The zero-order valence-corrected chi connectivity index (χ0v) is 12.5. The fourth-order valence-corrected chi connectivity index (χ4v) is 3.08. The molecule has 0 spiro atoms. The first-order chi connectivity index (χ1) is 9.15. The second kappa shape index (κ2) is 6.60. The molecule has 1 aromatic carbocycles. The maximum absolute atomic E-state index is 6.19. The van der Waals surface area contributed by atoms with Crippen LogP contribution < -0.4 is 16.0 Å². The number of hydrazine groups is 1. The minimum atomic E-state index is 0.256. The van der Waals surface area contributed by atoms with Crippen molar-refractivity contribution in [2.24, 2.45) is 11.8 Å². The van der Waals surface area contributed by atoms with E-state index in [1.807, 2.05) is 12.1 Å². The second-order valence-corrected chi connectivity index (χ2v) is 5.83. The third kappa shape index (κ3) is 3.41. The number of nitrogens with one attached hydrogen (secondary N) is 1. The van der Waals surface area contributed by atoms with Gasteiger partial charge >= 0.3 is 0 Å². The van der Waals surface area contributed by atoms with Gasteiger partial charge in [0.2, 0.25) is 0 Å². The molecular formula is C15H23ClN2O. The van der Waals surface area contributed by atoms with Crippen LogP contribution in [0.1, 0.15) is 37.8 Å². The van der Waals surface area contributed by atoms with Gasteiger partial charge in [-0.25, -0.2) is 0 Å². The van der Waals surface area contributed by atoms with Crippen LogP contribution in [-0.2, 0) is 12.8 Å². The van der Waals surface area contributed by atoms with Gasteiger partial charge in [0.15, 0.2) is 0 Å². The van der Waals surface area contributed by atoms with E-state index in [1.54, 1.807) is 0 Å². The number of halogens is 1. The predicted molar refractivity (Wildman–Crippen MR) is 79.5 cm³/mol. The number of benzene rings is 1. The maximum Gasteiger partial charge on any atom is 0.125 e. The van der Waals surface area contributed by atoms with Crippen LogP contribution in [0, 0.1) is 5.92 Å². The zero-order valence-electron chi connectivity index (χ0n) is 11.7. The van der Waals surface area contributed by atoms with E-state index >= 15 is 0 Å². The zero-order chi connectivity index (χ0) is 13.8. The lowest BCUT2D eigenvalue weighted by Crippen LogP contribution is -2.41. The van der Waals surface area contributed by atoms with E-state index in [-0.39, 0.29) is 6.04 Å². The normalized spacial score (nSPS) is 16.8. The van der Waals surface area contributed by atoms with Crippen LogP contribution in [0.15, 0.2) is 12.1 Å². The van der Waals surface area contributed by atoms with Gasteiger partial charge in [0.05, 0.1) is 6.61 Å². The molecule has 0 radical (unpaired) electrons. The third-order valence-corrected chi connectivity index (χ3v) is 4.13.